The molecule has 0 saturated carbocycles. The van der Waals surface area contributed by atoms with E-state index in [-0.39, 0.29) is 18.5 Å². The largest absolute Gasteiger partial charge is 0.295 e. The number of azo groups is 1. The van der Waals surface area contributed by atoms with Crippen molar-refractivity contribution in [2.24, 2.45) is 15.4 Å². The van der Waals surface area contributed by atoms with Crippen molar-refractivity contribution in [3.63, 3.8) is 0 Å². The predicted octanol–water partition coefficient (Wildman–Crippen LogP) is 2.02. The summed E-state index contributed by atoms with van der Waals surface area (Å²) in [6.07, 6.45) is 0. The van der Waals surface area contributed by atoms with Gasteiger partial charge in [0.05, 0.1) is 0 Å². The number of amides is 1. The van der Waals surface area contributed by atoms with Gasteiger partial charge in [0.1, 0.15) is 6.04 Å². The third kappa shape index (κ3) is 3.25. The molecule has 1 amide bonds. The van der Waals surface area contributed by atoms with Crippen molar-refractivity contribution >= 4 is 16.1 Å². The van der Waals surface area contributed by atoms with Crippen LogP contribution in [-0.2, 0) is 16.8 Å². The van der Waals surface area contributed by atoms with E-state index in [1.807, 2.05) is 36.4 Å². The van der Waals surface area contributed by atoms with Crippen molar-refractivity contribution < 1.29 is 13.2 Å². The summed E-state index contributed by atoms with van der Waals surface area (Å²) in [5.74, 6) is -0.340. The van der Waals surface area contributed by atoms with Crippen molar-refractivity contribution in [3.05, 3.63) is 70.8 Å². The molecule has 2 N–H and O–H groups in total. The molecule has 0 aromatic heterocycles. The average molecular weight is 344 g/mol. The molecule has 1 atom stereocenters. The highest BCUT2D eigenvalue weighted by Crippen LogP contribution is 2.32. The molecule has 1 unspecified atom stereocenters. The van der Waals surface area contributed by atoms with Gasteiger partial charge in [-0.15, -0.1) is 5.11 Å². The molecule has 0 aliphatic carbocycles. The van der Waals surface area contributed by atoms with Gasteiger partial charge < -0.3 is 0 Å². The molecule has 0 radical (unpaired) electrons. The Kier molecular flexibility index (Phi) is 4.27. The van der Waals surface area contributed by atoms with Crippen LogP contribution in [0.25, 0.3) is 0 Å². The van der Waals surface area contributed by atoms with E-state index in [0.717, 1.165) is 21.0 Å². The minimum Gasteiger partial charge on any atom is -0.265 e. The SMILES string of the molecule is CN(Cc1ccc(C2N=NC(=O)c3ccccc32)cc1)S(N)(=O)=O. The van der Waals surface area contributed by atoms with Crippen LogP contribution in [0.15, 0.2) is 58.8 Å². The van der Waals surface area contributed by atoms with Gasteiger partial charge in [-0.1, -0.05) is 42.5 Å². The lowest BCUT2D eigenvalue weighted by molar-refractivity contribution is 0.0986. The van der Waals surface area contributed by atoms with Gasteiger partial charge in [0, 0.05) is 19.2 Å². The number of nitrogens with zero attached hydrogens (tertiary/aromatic N) is 3. The molecule has 0 fully saturated rings. The molecule has 2 aromatic rings. The third-order valence-electron chi connectivity index (χ3n) is 3.88. The zero-order valence-corrected chi connectivity index (χ0v) is 13.8. The molecule has 0 bridgehead atoms. The fraction of sp³-hybridized carbons (Fsp3) is 0.188. The van der Waals surface area contributed by atoms with Gasteiger partial charge in [0.25, 0.3) is 16.1 Å². The Bertz CT molecular complexity index is 907. The first kappa shape index (κ1) is 16.4. The highest BCUT2D eigenvalue weighted by atomic mass is 32.2. The number of carbonyl (C=O) groups is 1. The van der Waals surface area contributed by atoms with Gasteiger partial charge in [-0.25, -0.2) is 5.14 Å². The summed E-state index contributed by atoms with van der Waals surface area (Å²) in [4.78, 5) is 11.8. The fourth-order valence-corrected chi connectivity index (χ4v) is 2.88. The Labute approximate surface area is 140 Å². The van der Waals surface area contributed by atoms with Gasteiger partial charge in [0.2, 0.25) is 0 Å². The maximum atomic E-state index is 11.8. The minimum atomic E-state index is -3.72. The summed E-state index contributed by atoms with van der Waals surface area (Å²) >= 11 is 0. The summed E-state index contributed by atoms with van der Waals surface area (Å²) < 4.78 is 23.6. The van der Waals surface area contributed by atoms with Gasteiger partial charge in [0.15, 0.2) is 0 Å². The number of fused-ring (bicyclic) bond motifs is 1. The molecule has 7 nitrogen and oxygen atoms in total. The first-order valence-electron chi connectivity index (χ1n) is 7.23. The van der Waals surface area contributed by atoms with Crippen LogP contribution in [0.2, 0.25) is 0 Å². The molecule has 1 aliphatic rings. The van der Waals surface area contributed by atoms with Crippen LogP contribution in [-0.4, -0.2) is 25.7 Å². The van der Waals surface area contributed by atoms with E-state index < -0.39 is 10.2 Å². The molecular formula is C16H16N4O3S. The molecule has 1 heterocycles. The third-order valence-corrected chi connectivity index (χ3v) is 4.88. The molecule has 1 aliphatic heterocycles. The minimum absolute atomic E-state index is 0.181. The van der Waals surface area contributed by atoms with E-state index in [9.17, 15) is 13.2 Å². The molecule has 0 spiro atoms. The predicted molar refractivity (Wildman–Crippen MR) is 88.5 cm³/mol. The number of hydrogen-bond donors (Lipinski definition) is 1. The van der Waals surface area contributed by atoms with Crippen LogP contribution in [0, 0.1) is 0 Å². The Balaban J connectivity index is 1.87. The van der Waals surface area contributed by atoms with Gasteiger partial charge in [-0.05, 0) is 22.8 Å². The lowest BCUT2D eigenvalue weighted by Crippen LogP contribution is -2.32. The second-order valence-electron chi connectivity index (χ2n) is 5.55. The molecule has 2 aromatic carbocycles. The second-order valence-corrected chi connectivity index (χ2v) is 7.21. The second kappa shape index (κ2) is 6.23. The average Bonchev–Trinajstić information content (AvgIpc) is 2.56. The van der Waals surface area contributed by atoms with Crippen LogP contribution < -0.4 is 5.14 Å². The first-order valence-corrected chi connectivity index (χ1v) is 8.73. The van der Waals surface area contributed by atoms with E-state index in [1.165, 1.54) is 7.05 Å². The Hall–Kier alpha value is -2.42. The zero-order chi connectivity index (χ0) is 17.3. The number of carbonyl (C=O) groups excluding carboxylic acids is 1. The van der Waals surface area contributed by atoms with E-state index >= 15 is 0 Å². The number of nitrogens with two attached hydrogens (primary N) is 1. The van der Waals surface area contributed by atoms with Crippen molar-refractivity contribution in [2.45, 2.75) is 12.6 Å². The molecular weight excluding hydrogens is 328 g/mol. The lowest BCUT2D eigenvalue weighted by Gasteiger charge is -2.19. The molecule has 0 saturated heterocycles. The topological polar surface area (TPSA) is 105 Å². The number of hydrogen-bond acceptors (Lipinski definition) is 4. The van der Waals surface area contributed by atoms with Gasteiger partial charge in [-0.2, -0.15) is 17.8 Å². The maximum Gasteiger partial charge on any atom is 0.295 e. The van der Waals surface area contributed by atoms with Crippen molar-refractivity contribution in [3.8, 4) is 0 Å². The summed E-state index contributed by atoms with van der Waals surface area (Å²) in [5, 5.41) is 12.9. The number of rotatable bonds is 4. The van der Waals surface area contributed by atoms with E-state index in [4.69, 9.17) is 5.14 Å². The highest BCUT2D eigenvalue weighted by Gasteiger charge is 2.24. The molecule has 3 rings (SSSR count). The summed E-state index contributed by atoms with van der Waals surface area (Å²) in [5.41, 5.74) is 3.04. The van der Waals surface area contributed by atoms with E-state index in [0.29, 0.717) is 5.56 Å². The van der Waals surface area contributed by atoms with E-state index in [2.05, 4.69) is 10.2 Å². The van der Waals surface area contributed by atoms with Crippen LogP contribution in [0.3, 0.4) is 0 Å². The van der Waals surface area contributed by atoms with Crippen LogP contribution >= 0.6 is 0 Å². The van der Waals surface area contributed by atoms with Crippen LogP contribution in [0.4, 0.5) is 0 Å². The summed E-state index contributed by atoms with van der Waals surface area (Å²) in [6, 6.07) is 14.2. The summed E-state index contributed by atoms with van der Waals surface area (Å²) in [7, 11) is -2.30. The molecule has 124 valence electrons. The zero-order valence-electron chi connectivity index (χ0n) is 13.0. The van der Waals surface area contributed by atoms with Crippen molar-refractivity contribution in [1.82, 2.24) is 4.31 Å². The normalized spacial score (nSPS) is 17.1. The Morgan fingerprint density at radius 1 is 1.12 bits per heavy atom. The highest BCUT2D eigenvalue weighted by molar-refractivity contribution is 7.86. The lowest BCUT2D eigenvalue weighted by atomic mass is 9.93. The Morgan fingerprint density at radius 2 is 1.79 bits per heavy atom. The number of benzene rings is 2. The van der Waals surface area contributed by atoms with Gasteiger partial charge >= 0.3 is 0 Å². The first-order chi connectivity index (χ1) is 11.4. The van der Waals surface area contributed by atoms with Crippen molar-refractivity contribution in [1.29, 1.82) is 0 Å². The smallest absolute Gasteiger partial charge is 0.265 e. The summed E-state index contributed by atoms with van der Waals surface area (Å²) in [6.45, 7) is 0.181. The van der Waals surface area contributed by atoms with Crippen LogP contribution in [0.1, 0.15) is 33.1 Å². The maximum absolute atomic E-state index is 11.8. The fourth-order valence-electron chi connectivity index (χ4n) is 2.56. The van der Waals surface area contributed by atoms with Crippen LogP contribution in [0.5, 0.6) is 0 Å². The van der Waals surface area contributed by atoms with Crippen molar-refractivity contribution in [2.75, 3.05) is 7.05 Å². The quantitative estimate of drug-likeness (QED) is 0.917. The van der Waals surface area contributed by atoms with E-state index in [1.54, 1.807) is 12.1 Å². The Morgan fingerprint density at radius 3 is 2.46 bits per heavy atom. The monoisotopic (exact) mass is 344 g/mol. The van der Waals surface area contributed by atoms with Gasteiger partial charge in [-0.3, -0.25) is 4.79 Å². The molecule has 24 heavy (non-hydrogen) atoms. The molecule has 8 heteroatoms. The standard InChI is InChI=1S/C16H16N4O3S/c1-20(24(17,22)23)10-11-6-8-12(9-7-11)15-13-4-2-3-5-14(13)16(21)19-18-15/h2-9,15H,10H2,1H3,(H2,17,22,23).